The second kappa shape index (κ2) is 9.51. The number of allylic oxidation sites excluding steroid dienone is 1. The first-order valence-electron chi connectivity index (χ1n) is 13.7. The largest absolute Gasteiger partial charge is 0.458 e. The maximum Gasteiger partial charge on any atom is 0.303 e. The minimum absolute atomic E-state index is 0.0160. The summed E-state index contributed by atoms with van der Waals surface area (Å²) in [7, 11) is 1.86. The van der Waals surface area contributed by atoms with E-state index in [1.807, 2.05) is 7.11 Å². The standard InChI is InChI=1S/C30H48O3/c1-19(2)10-8-11-20(3)25-13-14-26-23(12-9-15-29(25,26)6)16-28(32-7)30-18-24(30)17-27(21(30)4)33-22(5)31/h16,19-20,24-28H,4,8-15,17-18H2,1-3,5-7H3/b23-16+/t20-,24-,25-,26+,27+,28-,29-,30+/m1/s1. The molecule has 8 atom stereocenters. The van der Waals surface area contributed by atoms with Crippen molar-refractivity contribution in [1.82, 2.24) is 0 Å². The molecule has 186 valence electrons. The van der Waals surface area contributed by atoms with Gasteiger partial charge in [-0.3, -0.25) is 4.79 Å². The lowest BCUT2D eigenvalue weighted by Crippen LogP contribution is -2.37. The van der Waals surface area contributed by atoms with Crippen molar-refractivity contribution in [3.05, 3.63) is 23.8 Å². The number of rotatable bonds is 9. The fourth-order valence-electron chi connectivity index (χ4n) is 8.47. The van der Waals surface area contributed by atoms with Gasteiger partial charge >= 0.3 is 5.97 Å². The highest BCUT2D eigenvalue weighted by Gasteiger charge is 2.67. The summed E-state index contributed by atoms with van der Waals surface area (Å²) in [6.07, 6.45) is 15.2. The minimum atomic E-state index is -0.201. The summed E-state index contributed by atoms with van der Waals surface area (Å²) in [4.78, 5) is 11.6. The highest BCUT2D eigenvalue weighted by atomic mass is 16.5. The van der Waals surface area contributed by atoms with Crippen LogP contribution in [0.15, 0.2) is 23.8 Å². The van der Waals surface area contributed by atoms with Crippen LogP contribution in [0.1, 0.15) is 98.8 Å². The topological polar surface area (TPSA) is 35.5 Å². The van der Waals surface area contributed by atoms with Gasteiger partial charge in [-0.2, -0.15) is 0 Å². The van der Waals surface area contributed by atoms with Crippen LogP contribution < -0.4 is 0 Å². The van der Waals surface area contributed by atoms with E-state index in [0.717, 1.165) is 36.2 Å². The molecular formula is C30H48O3. The third-order valence-corrected chi connectivity index (χ3v) is 10.2. The van der Waals surface area contributed by atoms with Gasteiger partial charge in [0, 0.05) is 19.4 Å². The Morgan fingerprint density at radius 3 is 2.67 bits per heavy atom. The van der Waals surface area contributed by atoms with Crippen LogP contribution in [0.2, 0.25) is 0 Å². The lowest BCUT2D eigenvalue weighted by molar-refractivity contribution is -0.144. The predicted molar refractivity (Wildman–Crippen MR) is 135 cm³/mol. The quantitative estimate of drug-likeness (QED) is 0.266. The molecule has 0 aromatic rings. The molecule has 0 amide bonds. The van der Waals surface area contributed by atoms with E-state index < -0.39 is 0 Å². The maximum absolute atomic E-state index is 11.6. The smallest absolute Gasteiger partial charge is 0.303 e. The zero-order valence-electron chi connectivity index (χ0n) is 22.1. The Labute approximate surface area is 202 Å². The Bertz CT molecular complexity index is 781. The van der Waals surface area contributed by atoms with Crippen LogP contribution in [-0.2, 0) is 14.3 Å². The zero-order valence-corrected chi connectivity index (χ0v) is 22.1. The van der Waals surface area contributed by atoms with E-state index in [0.29, 0.717) is 17.3 Å². The van der Waals surface area contributed by atoms with Crippen LogP contribution in [0.3, 0.4) is 0 Å². The van der Waals surface area contributed by atoms with E-state index in [1.165, 1.54) is 58.3 Å². The van der Waals surface area contributed by atoms with Gasteiger partial charge in [0.1, 0.15) is 6.10 Å². The molecule has 0 saturated heterocycles. The molecule has 0 spiro atoms. The fraction of sp³-hybridized carbons (Fsp3) is 0.833. The van der Waals surface area contributed by atoms with Gasteiger partial charge in [0.2, 0.25) is 0 Å². The molecular weight excluding hydrogens is 408 g/mol. The van der Waals surface area contributed by atoms with Gasteiger partial charge in [-0.05, 0) is 85.5 Å². The first-order chi connectivity index (χ1) is 15.6. The Morgan fingerprint density at radius 2 is 2.00 bits per heavy atom. The van der Waals surface area contributed by atoms with Gasteiger partial charge in [-0.1, -0.05) is 65.2 Å². The average molecular weight is 457 g/mol. The minimum Gasteiger partial charge on any atom is -0.458 e. The molecule has 33 heavy (non-hydrogen) atoms. The average Bonchev–Trinajstić information content (AvgIpc) is 3.24. The fourth-order valence-corrected chi connectivity index (χ4v) is 8.47. The van der Waals surface area contributed by atoms with Crippen molar-refractivity contribution in [3.8, 4) is 0 Å². The second-order valence-electron chi connectivity index (χ2n) is 12.6. The molecule has 0 heterocycles. The van der Waals surface area contributed by atoms with Crippen LogP contribution >= 0.6 is 0 Å². The van der Waals surface area contributed by atoms with E-state index >= 15 is 0 Å². The maximum atomic E-state index is 11.6. The van der Waals surface area contributed by atoms with Gasteiger partial charge in [0.05, 0.1) is 6.10 Å². The number of hydrogen-bond donors (Lipinski definition) is 0. The molecule has 0 aliphatic heterocycles. The highest BCUT2D eigenvalue weighted by molar-refractivity contribution is 5.67. The molecule has 3 heteroatoms. The Balaban J connectivity index is 1.49. The Morgan fingerprint density at radius 1 is 1.24 bits per heavy atom. The summed E-state index contributed by atoms with van der Waals surface area (Å²) < 4.78 is 11.8. The van der Waals surface area contributed by atoms with Crippen molar-refractivity contribution in [2.45, 2.75) is 111 Å². The third kappa shape index (κ3) is 4.48. The molecule has 0 aromatic heterocycles. The normalized spacial score (nSPS) is 40.6. The molecule has 0 radical (unpaired) electrons. The number of carbonyl (C=O) groups excluding carboxylic acids is 1. The van der Waals surface area contributed by atoms with Crippen LogP contribution in [-0.4, -0.2) is 25.3 Å². The SMILES string of the molecule is C=C1[C@@H](OC(C)=O)C[C@@H]2C[C@]12[C@@H](/C=C1\CCC[C@]2(C)[C@@H]([C@H](C)CCCC(C)C)CC[C@@H]12)OC. The summed E-state index contributed by atoms with van der Waals surface area (Å²) in [5.74, 6) is 3.53. The van der Waals surface area contributed by atoms with E-state index in [2.05, 4.69) is 40.3 Å². The number of ether oxygens (including phenoxy) is 2. The van der Waals surface area contributed by atoms with Gasteiger partial charge in [0.15, 0.2) is 0 Å². The highest BCUT2D eigenvalue weighted by Crippen LogP contribution is 2.69. The Kier molecular flexibility index (Phi) is 7.21. The lowest BCUT2D eigenvalue weighted by Gasteiger charge is -2.45. The van der Waals surface area contributed by atoms with E-state index in [-0.39, 0.29) is 23.6 Å². The third-order valence-electron chi connectivity index (χ3n) is 10.2. The first-order valence-corrected chi connectivity index (χ1v) is 13.7. The Hall–Kier alpha value is -1.09. The van der Waals surface area contributed by atoms with E-state index in [9.17, 15) is 4.79 Å². The summed E-state index contributed by atoms with van der Waals surface area (Å²) in [6.45, 7) is 15.7. The lowest BCUT2D eigenvalue weighted by atomic mass is 9.60. The van der Waals surface area contributed by atoms with Crippen molar-refractivity contribution < 1.29 is 14.3 Å². The molecule has 0 unspecified atom stereocenters. The van der Waals surface area contributed by atoms with Crippen LogP contribution in [0.4, 0.5) is 0 Å². The van der Waals surface area contributed by atoms with Crippen LogP contribution in [0, 0.1) is 40.4 Å². The number of methoxy groups -OCH3 is 1. The molecule has 4 fully saturated rings. The van der Waals surface area contributed by atoms with Gasteiger partial charge in [-0.25, -0.2) is 0 Å². The molecule has 4 aliphatic rings. The number of fused-ring (bicyclic) bond motifs is 2. The van der Waals surface area contributed by atoms with Crippen LogP contribution in [0.5, 0.6) is 0 Å². The predicted octanol–water partition coefficient (Wildman–Crippen LogP) is 7.50. The van der Waals surface area contributed by atoms with Gasteiger partial charge < -0.3 is 9.47 Å². The summed E-state index contributed by atoms with van der Waals surface area (Å²) >= 11 is 0. The molecule has 4 saturated carbocycles. The van der Waals surface area contributed by atoms with E-state index in [4.69, 9.17) is 9.47 Å². The van der Waals surface area contributed by atoms with Crippen molar-refractivity contribution in [2.75, 3.05) is 7.11 Å². The van der Waals surface area contributed by atoms with Crippen molar-refractivity contribution >= 4 is 5.97 Å². The first kappa shape index (κ1) is 25.0. The number of hydrogen-bond acceptors (Lipinski definition) is 3. The van der Waals surface area contributed by atoms with Gasteiger partial charge in [-0.15, -0.1) is 0 Å². The second-order valence-corrected chi connectivity index (χ2v) is 12.6. The van der Waals surface area contributed by atoms with E-state index in [1.54, 1.807) is 5.57 Å². The molecule has 0 N–H and O–H groups in total. The molecule has 0 bridgehead atoms. The van der Waals surface area contributed by atoms with Crippen molar-refractivity contribution in [3.63, 3.8) is 0 Å². The van der Waals surface area contributed by atoms with Crippen LogP contribution in [0.25, 0.3) is 0 Å². The summed E-state index contributed by atoms with van der Waals surface area (Å²) in [5.41, 5.74) is 3.16. The number of esters is 1. The molecule has 4 rings (SSSR count). The monoisotopic (exact) mass is 456 g/mol. The van der Waals surface area contributed by atoms with Gasteiger partial charge in [0.25, 0.3) is 0 Å². The van der Waals surface area contributed by atoms with Crippen molar-refractivity contribution in [2.24, 2.45) is 40.4 Å². The zero-order chi connectivity index (χ0) is 24.0. The molecule has 4 aliphatic carbocycles. The summed E-state index contributed by atoms with van der Waals surface area (Å²) in [6, 6.07) is 0. The summed E-state index contributed by atoms with van der Waals surface area (Å²) in [5, 5.41) is 0. The number of carbonyl (C=O) groups is 1. The molecule has 0 aromatic carbocycles. The van der Waals surface area contributed by atoms with Crippen molar-refractivity contribution in [1.29, 1.82) is 0 Å². The molecule has 3 nitrogen and oxygen atoms in total.